The van der Waals surface area contributed by atoms with E-state index in [1.807, 2.05) is 24.3 Å². The SMILES string of the molecule is O=[N+]([O-])c1cccc(Nc2nccc(-c3cccc(CO)c3)n2)c1. The number of aliphatic hydroxyl groups is 1. The number of anilines is 2. The molecule has 0 bridgehead atoms. The van der Waals surface area contributed by atoms with Gasteiger partial charge in [-0.3, -0.25) is 10.1 Å². The summed E-state index contributed by atoms with van der Waals surface area (Å²) in [6.45, 7) is -0.0439. The highest BCUT2D eigenvalue weighted by Crippen LogP contribution is 2.22. The Morgan fingerprint density at radius 2 is 1.96 bits per heavy atom. The molecule has 3 aromatic rings. The third kappa shape index (κ3) is 3.53. The highest BCUT2D eigenvalue weighted by atomic mass is 16.6. The number of hydrogen-bond acceptors (Lipinski definition) is 6. The maximum absolute atomic E-state index is 10.8. The van der Waals surface area contributed by atoms with E-state index in [1.54, 1.807) is 24.4 Å². The van der Waals surface area contributed by atoms with Crippen LogP contribution >= 0.6 is 0 Å². The van der Waals surface area contributed by atoms with Crippen molar-refractivity contribution in [2.45, 2.75) is 6.61 Å². The molecule has 24 heavy (non-hydrogen) atoms. The van der Waals surface area contributed by atoms with Crippen LogP contribution in [-0.4, -0.2) is 20.0 Å². The Labute approximate surface area is 137 Å². The van der Waals surface area contributed by atoms with Crippen molar-refractivity contribution in [3.8, 4) is 11.3 Å². The van der Waals surface area contributed by atoms with Crippen LogP contribution < -0.4 is 5.32 Å². The molecule has 0 saturated carbocycles. The van der Waals surface area contributed by atoms with Crippen LogP contribution in [0.5, 0.6) is 0 Å². The number of nitro benzene ring substituents is 1. The van der Waals surface area contributed by atoms with E-state index in [0.717, 1.165) is 11.1 Å². The molecule has 3 rings (SSSR count). The van der Waals surface area contributed by atoms with Gasteiger partial charge in [-0.05, 0) is 23.8 Å². The first-order chi connectivity index (χ1) is 11.7. The summed E-state index contributed by atoms with van der Waals surface area (Å²) >= 11 is 0. The van der Waals surface area contributed by atoms with E-state index >= 15 is 0 Å². The van der Waals surface area contributed by atoms with Crippen molar-refractivity contribution in [3.63, 3.8) is 0 Å². The van der Waals surface area contributed by atoms with Crippen molar-refractivity contribution < 1.29 is 10.0 Å². The predicted molar refractivity (Wildman–Crippen MR) is 89.8 cm³/mol. The zero-order valence-electron chi connectivity index (χ0n) is 12.6. The summed E-state index contributed by atoms with van der Waals surface area (Å²) in [7, 11) is 0. The van der Waals surface area contributed by atoms with Crippen LogP contribution in [0.2, 0.25) is 0 Å². The van der Waals surface area contributed by atoms with E-state index in [1.165, 1.54) is 12.1 Å². The summed E-state index contributed by atoms with van der Waals surface area (Å²) in [5, 5.41) is 23.0. The number of non-ortho nitro benzene ring substituents is 1. The van der Waals surface area contributed by atoms with Gasteiger partial charge in [0.2, 0.25) is 5.95 Å². The van der Waals surface area contributed by atoms with Crippen LogP contribution in [0, 0.1) is 10.1 Å². The average Bonchev–Trinajstić information content (AvgIpc) is 2.62. The van der Waals surface area contributed by atoms with Gasteiger partial charge in [0.25, 0.3) is 5.69 Å². The molecule has 7 nitrogen and oxygen atoms in total. The van der Waals surface area contributed by atoms with Gasteiger partial charge in [-0.15, -0.1) is 0 Å². The van der Waals surface area contributed by atoms with Crippen LogP contribution in [0.3, 0.4) is 0 Å². The van der Waals surface area contributed by atoms with E-state index in [0.29, 0.717) is 17.3 Å². The number of nitrogens with one attached hydrogen (secondary N) is 1. The predicted octanol–water partition coefficient (Wildman–Crippen LogP) is 3.29. The number of benzene rings is 2. The summed E-state index contributed by atoms with van der Waals surface area (Å²) in [4.78, 5) is 18.9. The Balaban J connectivity index is 1.88. The van der Waals surface area contributed by atoms with Gasteiger partial charge in [-0.25, -0.2) is 9.97 Å². The van der Waals surface area contributed by atoms with E-state index in [2.05, 4.69) is 15.3 Å². The highest BCUT2D eigenvalue weighted by molar-refractivity contribution is 5.63. The lowest BCUT2D eigenvalue weighted by atomic mass is 10.1. The topological polar surface area (TPSA) is 101 Å². The van der Waals surface area contributed by atoms with Crippen molar-refractivity contribution in [2.24, 2.45) is 0 Å². The molecule has 7 heteroatoms. The lowest BCUT2D eigenvalue weighted by molar-refractivity contribution is -0.384. The second-order valence-electron chi connectivity index (χ2n) is 5.06. The number of rotatable bonds is 5. The Kier molecular flexibility index (Phi) is 4.44. The van der Waals surface area contributed by atoms with Crippen LogP contribution in [-0.2, 0) is 6.61 Å². The molecule has 0 aliphatic carbocycles. The zero-order chi connectivity index (χ0) is 16.9. The van der Waals surface area contributed by atoms with Gasteiger partial charge in [0.1, 0.15) is 0 Å². The van der Waals surface area contributed by atoms with Crippen molar-refractivity contribution in [2.75, 3.05) is 5.32 Å². The molecule has 0 aliphatic rings. The summed E-state index contributed by atoms with van der Waals surface area (Å²) in [5.41, 5.74) is 2.86. The minimum Gasteiger partial charge on any atom is -0.392 e. The van der Waals surface area contributed by atoms with Gasteiger partial charge >= 0.3 is 0 Å². The fraction of sp³-hybridized carbons (Fsp3) is 0.0588. The number of nitrogens with zero attached hydrogens (tertiary/aromatic N) is 3. The van der Waals surface area contributed by atoms with E-state index in [4.69, 9.17) is 0 Å². The third-order valence-electron chi connectivity index (χ3n) is 3.37. The first-order valence-electron chi connectivity index (χ1n) is 7.20. The lowest BCUT2D eigenvalue weighted by Crippen LogP contribution is -1.99. The maximum atomic E-state index is 10.8. The van der Waals surface area contributed by atoms with Crippen LogP contribution in [0.4, 0.5) is 17.3 Å². The average molecular weight is 322 g/mol. The van der Waals surface area contributed by atoms with Gasteiger partial charge in [-0.1, -0.05) is 24.3 Å². The Bertz CT molecular complexity index is 883. The quantitative estimate of drug-likeness (QED) is 0.552. The van der Waals surface area contributed by atoms with Crippen molar-refractivity contribution in [3.05, 3.63) is 76.5 Å². The highest BCUT2D eigenvalue weighted by Gasteiger charge is 2.08. The van der Waals surface area contributed by atoms with Gasteiger partial charge in [0.15, 0.2) is 0 Å². The number of hydrogen-bond donors (Lipinski definition) is 2. The molecule has 120 valence electrons. The first-order valence-corrected chi connectivity index (χ1v) is 7.20. The maximum Gasteiger partial charge on any atom is 0.271 e. The van der Waals surface area contributed by atoms with Crippen molar-refractivity contribution in [1.29, 1.82) is 0 Å². The fourth-order valence-corrected chi connectivity index (χ4v) is 2.24. The minimum absolute atomic E-state index is 0.00759. The summed E-state index contributed by atoms with van der Waals surface area (Å²) in [5.74, 6) is 0.336. The Morgan fingerprint density at radius 1 is 1.12 bits per heavy atom. The molecule has 0 atom stereocenters. The fourth-order valence-electron chi connectivity index (χ4n) is 2.24. The molecule has 2 aromatic carbocycles. The molecule has 0 spiro atoms. The normalized spacial score (nSPS) is 10.4. The Hall–Kier alpha value is -3.32. The molecule has 2 N–H and O–H groups in total. The molecule has 0 saturated heterocycles. The van der Waals surface area contributed by atoms with E-state index in [-0.39, 0.29) is 12.3 Å². The van der Waals surface area contributed by atoms with Crippen LogP contribution in [0.25, 0.3) is 11.3 Å². The van der Waals surface area contributed by atoms with Gasteiger partial charge in [0, 0.05) is 29.6 Å². The van der Waals surface area contributed by atoms with Gasteiger partial charge < -0.3 is 10.4 Å². The Morgan fingerprint density at radius 3 is 2.75 bits per heavy atom. The molecule has 1 aromatic heterocycles. The number of nitro groups is 1. The zero-order valence-corrected chi connectivity index (χ0v) is 12.6. The molecule has 0 radical (unpaired) electrons. The smallest absolute Gasteiger partial charge is 0.271 e. The molecular formula is C17H14N4O3. The summed E-state index contributed by atoms with van der Waals surface area (Å²) < 4.78 is 0. The summed E-state index contributed by atoms with van der Waals surface area (Å²) in [6, 6.07) is 15.3. The van der Waals surface area contributed by atoms with Crippen LogP contribution in [0.15, 0.2) is 60.8 Å². The molecule has 0 unspecified atom stereocenters. The summed E-state index contributed by atoms with van der Waals surface area (Å²) in [6.07, 6.45) is 1.60. The second-order valence-corrected chi connectivity index (χ2v) is 5.06. The monoisotopic (exact) mass is 322 g/mol. The first kappa shape index (κ1) is 15.6. The van der Waals surface area contributed by atoms with Crippen molar-refractivity contribution in [1.82, 2.24) is 9.97 Å². The number of aliphatic hydroxyl groups excluding tert-OH is 1. The second kappa shape index (κ2) is 6.84. The van der Waals surface area contributed by atoms with Gasteiger partial charge in [-0.2, -0.15) is 0 Å². The van der Waals surface area contributed by atoms with Gasteiger partial charge in [0.05, 0.1) is 17.2 Å². The molecule has 1 heterocycles. The lowest BCUT2D eigenvalue weighted by Gasteiger charge is -2.07. The molecule has 0 amide bonds. The van der Waals surface area contributed by atoms with Crippen LogP contribution in [0.1, 0.15) is 5.56 Å². The molecule has 0 aliphatic heterocycles. The van der Waals surface area contributed by atoms with E-state index < -0.39 is 4.92 Å². The third-order valence-corrected chi connectivity index (χ3v) is 3.37. The largest absolute Gasteiger partial charge is 0.392 e. The minimum atomic E-state index is -0.456. The number of aromatic nitrogens is 2. The van der Waals surface area contributed by atoms with Crippen molar-refractivity contribution >= 4 is 17.3 Å². The molecular weight excluding hydrogens is 308 g/mol. The standard InChI is InChI=1S/C17H14N4O3/c22-11-12-3-1-4-13(9-12)16-7-8-18-17(20-16)19-14-5-2-6-15(10-14)21(23)24/h1-10,22H,11H2,(H,18,19,20). The van der Waals surface area contributed by atoms with E-state index in [9.17, 15) is 15.2 Å². The molecule has 0 fully saturated rings.